The summed E-state index contributed by atoms with van der Waals surface area (Å²) in [5.74, 6) is 1.56. The predicted octanol–water partition coefficient (Wildman–Crippen LogP) is 1.83. The lowest BCUT2D eigenvalue weighted by Gasteiger charge is -2.37. The molecule has 3 atom stereocenters. The van der Waals surface area contributed by atoms with Gasteiger partial charge in [0.1, 0.15) is 9.84 Å². The van der Waals surface area contributed by atoms with Gasteiger partial charge in [-0.25, -0.2) is 8.42 Å². The SMILES string of the molecule is CC(CS(C)(=O)=O)NC1C(C)CCCC1C. The Morgan fingerprint density at radius 2 is 1.75 bits per heavy atom. The lowest BCUT2D eigenvalue weighted by atomic mass is 9.78. The van der Waals surface area contributed by atoms with Crippen LogP contribution < -0.4 is 5.32 Å². The van der Waals surface area contributed by atoms with Crippen molar-refractivity contribution in [2.45, 2.75) is 52.1 Å². The average Bonchev–Trinajstić information content (AvgIpc) is 2.08. The van der Waals surface area contributed by atoms with E-state index in [1.54, 1.807) is 0 Å². The molecule has 0 spiro atoms. The molecule has 0 aliphatic heterocycles. The maximum atomic E-state index is 11.2. The molecule has 0 radical (unpaired) electrons. The molecular formula is C12H25NO2S. The van der Waals surface area contributed by atoms with Gasteiger partial charge in [0.05, 0.1) is 5.75 Å². The molecule has 0 aromatic carbocycles. The first-order valence-corrected chi connectivity index (χ1v) is 8.29. The van der Waals surface area contributed by atoms with E-state index >= 15 is 0 Å². The average molecular weight is 247 g/mol. The molecule has 3 unspecified atom stereocenters. The fourth-order valence-corrected chi connectivity index (χ4v) is 3.85. The summed E-state index contributed by atoms with van der Waals surface area (Å²) in [5, 5.41) is 3.50. The van der Waals surface area contributed by atoms with Crippen LogP contribution in [0.2, 0.25) is 0 Å². The third kappa shape index (κ3) is 4.42. The number of nitrogens with one attached hydrogen (secondary N) is 1. The minimum atomic E-state index is -2.87. The van der Waals surface area contributed by atoms with Crippen LogP contribution in [0.3, 0.4) is 0 Å². The van der Waals surface area contributed by atoms with Crippen molar-refractivity contribution in [2.75, 3.05) is 12.0 Å². The highest BCUT2D eigenvalue weighted by atomic mass is 32.2. The summed E-state index contributed by atoms with van der Waals surface area (Å²) in [6.07, 6.45) is 5.13. The first-order valence-electron chi connectivity index (χ1n) is 6.23. The molecule has 0 bridgehead atoms. The summed E-state index contributed by atoms with van der Waals surface area (Å²) in [6, 6.07) is 0.536. The van der Waals surface area contributed by atoms with E-state index in [-0.39, 0.29) is 11.8 Å². The van der Waals surface area contributed by atoms with Gasteiger partial charge in [-0.15, -0.1) is 0 Å². The van der Waals surface area contributed by atoms with E-state index in [9.17, 15) is 8.42 Å². The Morgan fingerprint density at radius 3 is 2.19 bits per heavy atom. The molecule has 16 heavy (non-hydrogen) atoms. The first-order chi connectivity index (χ1) is 7.29. The molecule has 1 rings (SSSR count). The van der Waals surface area contributed by atoms with Crippen molar-refractivity contribution in [1.82, 2.24) is 5.32 Å². The van der Waals surface area contributed by atoms with E-state index in [1.807, 2.05) is 6.92 Å². The van der Waals surface area contributed by atoms with Gasteiger partial charge < -0.3 is 5.32 Å². The highest BCUT2D eigenvalue weighted by Gasteiger charge is 2.28. The molecule has 1 N–H and O–H groups in total. The minimum Gasteiger partial charge on any atom is -0.310 e. The molecular weight excluding hydrogens is 222 g/mol. The van der Waals surface area contributed by atoms with Crippen molar-refractivity contribution in [3.63, 3.8) is 0 Å². The van der Waals surface area contributed by atoms with E-state index in [1.165, 1.54) is 25.5 Å². The highest BCUT2D eigenvalue weighted by molar-refractivity contribution is 7.90. The monoisotopic (exact) mass is 247 g/mol. The van der Waals surface area contributed by atoms with Crippen molar-refractivity contribution in [3.8, 4) is 0 Å². The fourth-order valence-electron chi connectivity index (χ4n) is 2.84. The quantitative estimate of drug-likeness (QED) is 0.824. The standard InChI is InChI=1S/C12H25NO2S/c1-9-6-5-7-10(2)12(9)13-11(3)8-16(4,14)15/h9-13H,5-8H2,1-4H3. The van der Waals surface area contributed by atoms with Gasteiger partial charge >= 0.3 is 0 Å². The van der Waals surface area contributed by atoms with Gasteiger partial charge in [0.2, 0.25) is 0 Å². The van der Waals surface area contributed by atoms with Crippen LogP contribution in [0.5, 0.6) is 0 Å². The Kier molecular flexibility index (Phi) is 4.80. The Balaban J connectivity index is 2.51. The van der Waals surface area contributed by atoms with Crippen LogP contribution >= 0.6 is 0 Å². The van der Waals surface area contributed by atoms with E-state index in [4.69, 9.17) is 0 Å². The second kappa shape index (κ2) is 5.50. The van der Waals surface area contributed by atoms with Crippen molar-refractivity contribution < 1.29 is 8.42 Å². The van der Waals surface area contributed by atoms with E-state index in [0.29, 0.717) is 17.9 Å². The normalized spacial score (nSPS) is 33.6. The largest absolute Gasteiger partial charge is 0.310 e. The Labute approximate surface area is 99.9 Å². The van der Waals surface area contributed by atoms with E-state index < -0.39 is 9.84 Å². The summed E-state index contributed by atoms with van der Waals surface area (Å²) in [7, 11) is -2.87. The van der Waals surface area contributed by atoms with Crippen molar-refractivity contribution in [1.29, 1.82) is 0 Å². The topological polar surface area (TPSA) is 46.2 Å². The second-order valence-electron chi connectivity index (χ2n) is 5.57. The molecule has 3 nitrogen and oxygen atoms in total. The Bertz CT molecular complexity index is 303. The third-order valence-electron chi connectivity index (χ3n) is 3.57. The number of hydrogen-bond acceptors (Lipinski definition) is 3. The molecule has 1 aliphatic rings. The van der Waals surface area contributed by atoms with Gasteiger partial charge in [-0.05, 0) is 31.6 Å². The summed E-state index contributed by atoms with van der Waals surface area (Å²) >= 11 is 0. The zero-order chi connectivity index (χ0) is 12.3. The van der Waals surface area contributed by atoms with Gasteiger partial charge in [0.15, 0.2) is 0 Å². The summed E-state index contributed by atoms with van der Waals surface area (Å²) in [4.78, 5) is 0. The molecule has 0 saturated heterocycles. The highest BCUT2D eigenvalue weighted by Crippen LogP contribution is 2.29. The van der Waals surface area contributed by atoms with Gasteiger partial charge in [-0.1, -0.05) is 20.3 Å². The number of sulfone groups is 1. The number of rotatable bonds is 4. The lowest BCUT2D eigenvalue weighted by Crippen LogP contribution is -2.48. The second-order valence-corrected chi connectivity index (χ2v) is 7.76. The molecule has 1 fully saturated rings. The third-order valence-corrected chi connectivity index (χ3v) is 4.68. The van der Waals surface area contributed by atoms with Gasteiger partial charge in [0, 0.05) is 18.3 Å². The zero-order valence-corrected chi connectivity index (χ0v) is 11.7. The Morgan fingerprint density at radius 1 is 1.25 bits per heavy atom. The smallest absolute Gasteiger partial charge is 0.148 e. The molecule has 4 heteroatoms. The summed E-state index contributed by atoms with van der Waals surface area (Å²) in [6.45, 7) is 6.50. The van der Waals surface area contributed by atoms with Crippen LogP contribution in [0.25, 0.3) is 0 Å². The maximum Gasteiger partial charge on any atom is 0.148 e. The Hall–Kier alpha value is -0.0900. The first kappa shape index (κ1) is 14.0. The predicted molar refractivity (Wildman–Crippen MR) is 68.3 cm³/mol. The van der Waals surface area contributed by atoms with E-state index in [0.717, 1.165) is 0 Å². The molecule has 96 valence electrons. The zero-order valence-electron chi connectivity index (χ0n) is 10.9. The molecule has 0 heterocycles. The van der Waals surface area contributed by atoms with Crippen LogP contribution in [0, 0.1) is 11.8 Å². The maximum absolute atomic E-state index is 11.2. The molecule has 1 saturated carbocycles. The van der Waals surface area contributed by atoms with Crippen LogP contribution in [0.15, 0.2) is 0 Å². The lowest BCUT2D eigenvalue weighted by molar-refractivity contribution is 0.199. The summed E-state index contributed by atoms with van der Waals surface area (Å²) in [5.41, 5.74) is 0. The van der Waals surface area contributed by atoms with Crippen LogP contribution in [0.1, 0.15) is 40.0 Å². The van der Waals surface area contributed by atoms with Crippen LogP contribution in [-0.4, -0.2) is 32.5 Å². The summed E-state index contributed by atoms with van der Waals surface area (Å²) < 4.78 is 22.4. The van der Waals surface area contributed by atoms with Gasteiger partial charge in [0.25, 0.3) is 0 Å². The van der Waals surface area contributed by atoms with Crippen molar-refractivity contribution >= 4 is 9.84 Å². The molecule has 1 aliphatic carbocycles. The number of hydrogen-bond donors (Lipinski definition) is 1. The minimum absolute atomic E-state index is 0.0583. The van der Waals surface area contributed by atoms with Gasteiger partial charge in [-0.3, -0.25) is 0 Å². The molecule has 0 aromatic heterocycles. The molecule has 0 aromatic rings. The fraction of sp³-hybridized carbons (Fsp3) is 1.00. The van der Waals surface area contributed by atoms with E-state index in [2.05, 4.69) is 19.2 Å². The van der Waals surface area contributed by atoms with Gasteiger partial charge in [-0.2, -0.15) is 0 Å². The van der Waals surface area contributed by atoms with Crippen molar-refractivity contribution in [2.24, 2.45) is 11.8 Å². The van der Waals surface area contributed by atoms with Crippen LogP contribution in [-0.2, 0) is 9.84 Å². The van der Waals surface area contributed by atoms with Crippen molar-refractivity contribution in [3.05, 3.63) is 0 Å². The van der Waals surface area contributed by atoms with Crippen LogP contribution in [0.4, 0.5) is 0 Å². The molecule has 0 amide bonds.